The number of nitrogens with zero attached hydrogens (tertiary/aromatic N) is 2. The maximum Gasteiger partial charge on any atom is 0.248 e. The molecule has 0 aliphatic carbocycles. The highest BCUT2D eigenvalue weighted by atomic mass is 35.5. The molecule has 0 bridgehead atoms. The zero-order chi connectivity index (χ0) is 13.7. The highest BCUT2D eigenvalue weighted by Gasteiger charge is 2.17. The van der Waals surface area contributed by atoms with Crippen molar-refractivity contribution in [2.24, 2.45) is 0 Å². The number of amides is 1. The standard InChI is InChI=1S/C13H17ClN2O3/c1-10-11(2-3-12(14)15-10)8-18-6-4-16-5-7-19-9-13(16)17/h2-3H,4-9H2,1H3. The molecule has 0 aromatic carbocycles. The molecule has 1 saturated heterocycles. The molecular weight excluding hydrogens is 268 g/mol. The fourth-order valence-electron chi connectivity index (χ4n) is 1.86. The maximum absolute atomic E-state index is 11.5. The van der Waals surface area contributed by atoms with E-state index in [4.69, 9.17) is 21.1 Å². The van der Waals surface area contributed by atoms with E-state index in [2.05, 4.69) is 4.98 Å². The van der Waals surface area contributed by atoms with Crippen molar-refractivity contribution in [3.63, 3.8) is 0 Å². The summed E-state index contributed by atoms with van der Waals surface area (Å²) >= 11 is 5.79. The molecule has 1 amide bonds. The first-order valence-corrected chi connectivity index (χ1v) is 6.60. The maximum atomic E-state index is 11.5. The summed E-state index contributed by atoms with van der Waals surface area (Å²) < 4.78 is 10.6. The molecule has 1 aromatic heterocycles. The Kier molecular flexibility index (Phi) is 5.13. The molecule has 1 aromatic rings. The molecule has 0 unspecified atom stereocenters. The summed E-state index contributed by atoms with van der Waals surface area (Å²) in [4.78, 5) is 17.4. The minimum Gasteiger partial charge on any atom is -0.375 e. The van der Waals surface area contributed by atoms with E-state index in [1.54, 1.807) is 11.0 Å². The average Bonchev–Trinajstić information content (AvgIpc) is 2.38. The molecule has 1 aliphatic rings. The van der Waals surface area contributed by atoms with Crippen molar-refractivity contribution in [3.8, 4) is 0 Å². The van der Waals surface area contributed by atoms with Crippen LogP contribution in [-0.2, 0) is 20.9 Å². The summed E-state index contributed by atoms with van der Waals surface area (Å²) in [5, 5.41) is 0.486. The van der Waals surface area contributed by atoms with Crippen molar-refractivity contribution in [2.45, 2.75) is 13.5 Å². The largest absolute Gasteiger partial charge is 0.375 e. The second-order valence-corrected chi connectivity index (χ2v) is 4.75. The SMILES string of the molecule is Cc1nc(Cl)ccc1COCCN1CCOCC1=O. The Labute approximate surface area is 117 Å². The van der Waals surface area contributed by atoms with Gasteiger partial charge in [0.25, 0.3) is 0 Å². The molecule has 1 fully saturated rings. The molecule has 19 heavy (non-hydrogen) atoms. The van der Waals surface area contributed by atoms with Gasteiger partial charge in [0.2, 0.25) is 5.91 Å². The van der Waals surface area contributed by atoms with Crippen LogP contribution in [0.3, 0.4) is 0 Å². The zero-order valence-corrected chi connectivity index (χ0v) is 11.7. The van der Waals surface area contributed by atoms with Gasteiger partial charge in [0.1, 0.15) is 11.8 Å². The van der Waals surface area contributed by atoms with Crippen molar-refractivity contribution < 1.29 is 14.3 Å². The van der Waals surface area contributed by atoms with E-state index < -0.39 is 0 Å². The first kappa shape index (κ1) is 14.2. The second-order valence-electron chi connectivity index (χ2n) is 4.36. The Morgan fingerprint density at radius 3 is 3.11 bits per heavy atom. The van der Waals surface area contributed by atoms with E-state index in [1.807, 2.05) is 13.0 Å². The number of morpholine rings is 1. The van der Waals surface area contributed by atoms with Crippen LogP contribution in [-0.4, -0.2) is 48.7 Å². The summed E-state index contributed by atoms with van der Waals surface area (Å²) in [5.41, 5.74) is 1.88. The number of halogens is 1. The van der Waals surface area contributed by atoms with Gasteiger partial charge in [-0.25, -0.2) is 4.98 Å². The molecule has 2 heterocycles. The van der Waals surface area contributed by atoms with Gasteiger partial charge in [0, 0.05) is 18.8 Å². The molecule has 5 nitrogen and oxygen atoms in total. The number of carbonyl (C=O) groups excluding carboxylic acids is 1. The summed E-state index contributed by atoms with van der Waals surface area (Å²) in [6.07, 6.45) is 0. The Morgan fingerprint density at radius 2 is 2.37 bits per heavy atom. The van der Waals surface area contributed by atoms with Gasteiger partial charge in [-0.05, 0) is 18.6 Å². The molecule has 0 radical (unpaired) electrons. The Morgan fingerprint density at radius 1 is 1.53 bits per heavy atom. The van der Waals surface area contributed by atoms with Crippen LogP contribution < -0.4 is 0 Å². The molecule has 104 valence electrons. The summed E-state index contributed by atoms with van der Waals surface area (Å²) in [6, 6.07) is 3.66. The molecule has 1 aliphatic heterocycles. The van der Waals surface area contributed by atoms with E-state index in [0.717, 1.165) is 11.3 Å². The predicted octanol–water partition coefficient (Wildman–Crippen LogP) is 1.42. The van der Waals surface area contributed by atoms with E-state index in [9.17, 15) is 4.79 Å². The van der Waals surface area contributed by atoms with Gasteiger partial charge in [-0.2, -0.15) is 0 Å². The smallest absolute Gasteiger partial charge is 0.248 e. The molecule has 2 rings (SSSR count). The summed E-state index contributed by atoms with van der Waals surface area (Å²) in [6.45, 7) is 4.91. The number of ether oxygens (including phenoxy) is 2. The van der Waals surface area contributed by atoms with Crippen molar-refractivity contribution in [1.82, 2.24) is 9.88 Å². The first-order valence-electron chi connectivity index (χ1n) is 6.22. The highest BCUT2D eigenvalue weighted by Crippen LogP contribution is 2.11. The van der Waals surface area contributed by atoms with Crippen LogP contribution in [0, 0.1) is 6.92 Å². The highest BCUT2D eigenvalue weighted by molar-refractivity contribution is 6.29. The van der Waals surface area contributed by atoms with Crippen molar-refractivity contribution >= 4 is 17.5 Å². The number of carbonyl (C=O) groups is 1. The van der Waals surface area contributed by atoms with E-state index in [-0.39, 0.29) is 12.5 Å². The fraction of sp³-hybridized carbons (Fsp3) is 0.538. The number of pyridine rings is 1. The third-order valence-electron chi connectivity index (χ3n) is 3.01. The van der Waals surface area contributed by atoms with Crippen LogP contribution >= 0.6 is 11.6 Å². The van der Waals surface area contributed by atoms with E-state index in [0.29, 0.717) is 38.1 Å². The van der Waals surface area contributed by atoms with Crippen molar-refractivity contribution in [3.05, 3.63) is 28.5 Å². The van der Waals surface area contributed by atoms with E-state index >= 15 is 0 Å². The van der Waals surface area contributed by atoms with Crippen LogP contribution in [0.25, 0.3) is 0 Å². The van der Waals surface area contributed by atoms with Crippen LogP contribution in [0.4, 0.5) is 0 Å². The lowest BCUT2D eigenvalue weighted by Gasteiger charge is -2.26. The van der Waals surface area contributed by atoms with Gasteiger partial charge in [0.15, 0.2) is 0 Å². The molecule has 0 saturated carbocycles. The van der Waals surface area contributed by atoms with Gasteiger partial charge in [-0.3, -0.25) is 4.79 Å². The van der Waals surface area contributed by atoms with Gasteiger partial charge in [-0.15, -0.1) is 0 Å². The normalized spacial score (nSPS) is 15.9. The van der Waals surface area contributed by atoms with Crippen LogP contribution in [0.5, 0.6) is 0 Å². The lowest BCUT2D eigenvalue weighted by atomic mass is 10.2. The second kappa shape index (κ2) is 6.84. The fourth-order valence-corrected chi connectivity index (χ4v) is 2.05. The molecule has 6 heteroatoms. The predicted molar refractivity (Wildman–Crippen MR) is 71.0 cm³/mol. The lowest BCUT2D eigenvalue weighted by molar-refractivity contribution is -0.143. The number of aryl methyl sites for hydroxylation is 1. The van der Waals surface area contributed by atoms with Gasteiger partial charge in [0.05, 0.1) is 19.8 Å². The number of aromatic nitrogens is 1. The molecular formula is C13H17ClN2O3. The van der Waals surface area contributed by atoms with Crippen molar-refractivity contribution in [2.75, 3.05) is 32.9 Å². The number of hydrogen-bond acceptors (Lipinski definition) is 4. The third kappa shape index (κ3) is 4.16. The van der Waals surface area contributed by atoms with Crippen LogP contribution in [0.15, 0.2) is 12.1 Å². The Balaban J connectivity index is 1.73. The molecule has 0 N–H and O–H groups in total. The lowest BCUT2D eigenvalue weighted by Crippen LogP contribution is -2.43. The van der Waals surface area contributed by atoms with E-state index in [1.165, 1.54) is 0 Å². The Hall–Kier alpha value is -1.17. The monoisotopic (exact) mass is 284 g/mol. The van der Waals surface area contributed by atoms with Crippen molar-refractivity contribution in [1.29, 1.82) is 0 Å². The number of rotatable bonds is 5. The van der Waals surface area contributed by atoms with Gasteiger partial charge in [-0.1, -0.05) is 17.7 Å². The Bertz CT molecular complexity index is 454. The summed E-state index contributed by atoms with van der Waals surface area (Å²) in [5.74, 6) is 0.0270. The zero-order valence-electron chi connectivity index (χ0n) is 10.9. The average molecular weight is 285 g/mol. The molecule has 0 spiro atoms. The molecule has 0 atom stereocenters. The topological polar surface area (TPSA) is 51.7 Å². The third-order valence-corrected chi connectivity index (χ3v) is 3.22. The van der Waals surface area contributed by atoms with Gasteiger partial charge < -0.3 is 14.4 Å². The number of hydrogen-bond donors (Lipinski definition) is 0. The first-order chi connectivity index (χ1) is 9.16. The van der Waals surface area contributed by atoms with Crippen LogP contribution in [0.2, 0.25) is 5.15 Å². The minimum atomic E-state index is 0.0270. The quantitative estimate of drug-likeness (QED) is 0.606. The van der Waals surface area contributed by atoms with Crippen LogP contribution in [0.1, 0.15) is 11.3 Å². The minimum absolute atomic E-state index is 0.0270. The summed E-state index contributed by atoms with van der Waals surface area (Å²) in [7, 11) is 0. The van der Waals surface area contributed by atoms with Gasteiger partial charge >= 0.3 is 0 Å².